The van der Waals surface area contributed by atoms with Gasteiger partial charge >= 0.3 is 12.0 Å². The van der Waals surface area contributed by atoms with Crippen molar-refractivity contribution in [1.82, 2.24) is 5.32 Å². The van der Waals surface area contributed by atoms with Crippen molar-refractivity contribution in [2.75, 3.05) is 5.32 Å². The number of carboxylic acids is 1. The van der Waals surface area contributed by atoms with E-state index in [4.69, 9.17) is 5.11 Å². The van der Waals surface area contributed by atoms with Crippen LogP contribution in [0.5, 0.6) is 0 Å². The van der Waals surface area contributed by atoms with E-state index in [0.717, 1.165) is 19.3 Å². The first kappa shape index (κ1) is 15.8. The zero-order valence-electron chi connectivity index (χ0n) is 11.9. The molecule has 3 N–H and O–H groups in total. The number of hydrogen-bond acceptors (Lipinski definition) is 2. The van der Waals surface area contributed by atoms with Crippen LogP contribution in [-0.2, 0) is 0 Å². The van der Waals surface area contributed by atoms with E-state index in [1.165, 1.54) is 18.6 Å². The molecule has 2 rings (SSSR count). The van der Waals surface area contributed by atoms with Crippen LogP contribution in [0.1, 0.15) is 43.0 Å². The summed E-state index contributed by atoms with van der Waals surface area (Å²) in [4.78, 5) is 22.9. The average molecular weight is 355 g/mol. The fourth-order valence-electron chi connectivity index (χ4n) is 2.66. The van der Waals surface area contributed by atoms with Gasteiger partial charge < -0.3 is 15.7 Å². The number of halogens is 1. The molecule has 114 valence electrons. The first-order valence-corrected chi connectivity index (χ1v) is 7.85. The Morgan fingerprint density at radius 2 is 2.10 bits per heavy atom. The number of urea groups is 1. The van der Waals surface area contributed by atoms with E-state index in [9.17, 15) is 9.59 Å². The molecular weight excluding hydrogens is 336 g/mol. The van der Waals surface area contributed by atoms with Crippen LogP contribution in [-0.4, -0.2) is 23.1 Å². The summed E-state index contributed by atoms with van der Waals surface area (Å²) in [7, 11) is 0. The number of aromatic carboxylic acids is 1. The fraction of sp³-hybridized carbons (Fsp3) is 0.467. The lowest BCUT2D eigenvalue weighted by molar-refractivity contribution is 0.0697. The second-order valence-electron chi connectivity index (χ2n) is 5.57. The van der Waals surface area contributed by atoms with Crippen LogP contribution in [0.25, 0.3) is 0 Å². The molecule has 0 heterocycles. The number of rotatable bonds is 3. The smallest absolute Gasteiger partial charge is 0.335 e. The molecule has 1 aliphatic rings. The zero-order chi connectivity index (χ0) is 15.4. The molecule has 1 saturated carbocycles. The van der Waals surface area contributed by atoms with Gasteiger partial charge in [-0.2, -0.15) is 0 Å². The summed E-state index contributed by atoms with van der Waals surface area (Å²) < 4.78 is 0.551. The average Bonchev–Trinajstić information content (AvgIpc) is 2.40. The van der Waals surface area contributed by atoms with E-state index in [1.54, 1.807) is 6.07 Å². The highest BCUT2D eigenvalue weighted by molar-refractivity contribution is 9.10. The number of hydrogen-bond donors (Lipinski definition) is 3. The normalized spacial score (nSPS) is 21.6. The highest BCUT2D eigenvalue weighted by atomic mass is 79.9. The van der Waals surface area contributed by atoms with Crippen LogP contribution in [0.4, 0.5) is 10.5 Å². The summed E-state index contributed by atoms with van der Waals surface area (Å²) in [6.07, 6.45) is 4.38. The maximum atomic E-state index is 12.0. The van der Waals surface area contributed by atoms with Crippen molar-refractivity contribution in [3.05, 3.63) is 28.2 Å². The number of amides is 2. The first-order valence-electron chi connectivity index (χ1n) is 7.06. The largest absolute Gasteiger partial charge is 0.478 e. The first-order chi connectivity index (χ1) is 9.95. The summed E-state index contributed by atoms with van der Waals surface area (Å²) in [5, 5.41) is 14.6. The quantitative estimate of drug-likeness (QED) is 0.771. The number of carboxylic acid groups (broad SMARTS) is 1. The van der Waals surface area contributed by atoms with Crippen LogP contribution in [0.3, 0.4) is 0 Å². The van der Waals surface area contributed by atoms with Gasteiger partial charge in [-0.3, -0.25) is 0 Å². The van der Waals surface area contributed by atoms with Gasteiger partial charge in [-0.15, -0.1) is 0 Å². The molecule has 0 aliphatic heterocycles. The van der Waals surface area contributed by atoms with E-state index < -0.39 is 5.97 Å². The fourth-order valence-corrected chi connectivity index (χ4v) is 3.14. The lowest BCUT2D eigenvalue weighted by Gasteiger charge is -2.27. The maximum absolute atomic E-state index is 12.0. The molecule has 2 atom stereocenters. The van der Waals surface area contributed by atoms with Crippen molar-refractivity contribution in [1.29, 1.82) is 0 Å². The summed E-state index contributed by atoms with van der Waals surface area (Å²) in [6.45, 7) is 2.20. The van der Waals surface area contributed by atoms with Gasteiger partial charge in [-0.25, -0.2) is 9.59 Å². The standard InChI is InChI=1S/C15H19BrN2O3/c1-9-3-2-4-11(7-9)17-15(21)18-13-6-5-10(14(19)20)8-12(13)16/h5-6,8-9,11H,2-4,7H2,1H3,(H,19,20)(H2,17,18,21). The van der Waals surface area contributed by atoms with Gasteiger partial charge in [-0.05, 0) is 52.9 Å². The summed E-state index contributed by atoms with van der Waals surface area (Å²) in [5.41, 5.74) is 0.732. The van der Waals surface area contributed by atoms with Crippen molar-refractivity contribution in [3.8, 4) is 0 Å². The predicted octanol–water partition coefficient (Wildman–Crippen LogP) is 3.85. The Bertz CT molecular complexity index is 548. The summed E-state index contributed by atoms with van der Waals surface area (Å²) in [5.74, 6) is -0.353. The predicted molar refractivity (Wildman–Crippen MR) is 84.7 cm³/mol. The molecule has 1 fully saturated rings. The van der Waals surface area contributed by atoms with Gasteiger partial charge in [0.15, 0.2) is 0 Å². The minimum absolute atomic E-state index is 0.175. The molecule has 2 amide bonds. The molecule has 1 aromatic carbocycles. The third kappa shape index (κ3) is 4.46. The van der Waals surface area contributed by atoms with Gasteiger partial charge in [0.25, 0.3) is 0 Å². The Morgan fingerprint density at radius 3 is 2.71 bits per heavy atom. The molecule has 0 spiro atoms. The molecule has 2 unspecified atom stereocenters. The Hall–Kier alpha value is -1.56. The Kier molecular flexibility index (Phi) is 5.22. The van der Waals surface area contributed by atoms with Crippen LogP contribution in [0, 0.1) is 5.92 Å². The third-order valence-corrected chi connectivity index (χ3v) is 4.39. The highest BCUT2D eigenvalue weighted by Gasteiger charge is 2.20. The van der Waals surface area contributed by atoms with Crippen molar-refractivity contribution in [2.24, 2.45) is 5.92 Å². The minimum atomic E-state index is -0.997. The van der Waals surface area contributed by atoms with Crippen LogP contribution in [0.15, 0.2) is 22.7 Å². The van der Waals surface area contributed by atoms with E-state index >= 15 is 0 Å². The van der Waals surface area contributed by atoms with E-state index in [1.807, 2.05) is 0 Å². The highest BCUT2D eigenvalue weighted by Crippen LogP contribution is 2.25. The van der Waals surface area contributed by atoms with E-state index in [-0.39, 0.29) is 17.6 Å². The van der Waals surface area contributed by atoms with Gasteiger partial charge in [-0.1, -0.05) is 19.8 Å². The van der Waals surface area contributed by atoms with Gasteiger partial charge in [0.2, 0.25) is 0 Å². The molecule has 0 saturated heterocycles. The monoisotopic (exact) mass is 354 g/mol. The number of carbonyl (C=O) groups excluding carboxylic acids is 1. The third-order valence-electron chi connectivity index (χ3n) is 3.74. The van der Waals surface area contributed by atoms with Crippen LogP contribution >= 0.6 is 15.9 Å². The Balaban J connectivity index is 1.94. The van der Waals surface area contributed by atoms with Gasteiger partial charge in [0.1, 0.15) is 0 Å². The zero-order valence-corrected chi connectivity index (χ0v) is 13.4. The van der Waals surface area contributed by atoms with Crippen molar-refractivity contribution in [2.45, 2.75) is 38.6 Å². The second kappa shape index (κ2) is 6.93. The lowest BCUT2D eigenvalue weighted by Crippen LogP contribution is -2.40. The van der Waals surface area contributed by atoms with Crippen molar-refractivity contribution < 1.29 is 14.7 Å². The lowest BCUT2D eigenvalue weighted by atomic mass is 9.87. The molecule has 5 nitrogen and oxygen atoms in total. The molecule has 0 aromatic heterocycles. The Labute approximate surface area is 132 Å². The summed E-state index contributed by atoms with van der Waals surface area (Å²) in [6, 6.07) is 4.48. The topological polar surface area (TPSA) is 78.4 Å². The Morgan fingerprint density at radius 1 is 1.33 bits per heavy atom. The minimum Gasteiger partial charge on any atom is -0.478 e. The maximum Gasteiger partial charge on any atom is 0.335 e. The molecule has 0 radical (unpaired) electrons. The number of nitrogens with one attached hydrogen (secondary N) is 2. The molecule has 1 aliphatic carbocycles. The van der Waals surface area contributed by atoms with E-state index in [2.05, 4.69) is 33.5 Å². The number of carbonyl (C=O) groups is 2. The number of benzene rings is 1. The van der Waals surface area contributed by atoms with Gasteiger partial charge in [0.05, 0.1) is 11.3 Å². The SMILES string of the molecule is CC1CCCC(NC(=O)Nc2ccc(C(=O)O)cc2Br)C1. The molecule has 21 heavy (non-hydrogen) atoms. The number of anilines is 1. The molecule has 6 heteroatoms. The van der Waals surface area contributed by atoms with Crippen LogP contribution < -0.4 is 10.6 Å². The summed E-state index contributed by atoms with van der Waals surface area (Å²) >= 11 is 3.27. The molecule has 1 aromatic rings. The molecule has 0 bridgehead atoms. The van der Waals surface area contributed by atoms with Crippen molar-refractivity contribution in [3.63, 3.8) is 0 Å². The van der Waals surface area contributed by atoms with Crippen LogP contribution in [0.2, 0.25) is 0 Å². The second-order valence-corrected chi connectivity index (χ2v) is 6.42. The van der Waals surface area contributed by atoms with E-state index in [0.29, 0.717) is 16.1 Å². The molecular formula is C15H19BrN2O3. The van der Waals surface area contributed by atoms with Crippen molar-refractivity contribution >= 4 is 33.6 Å². The van der Waals surface area contributed by atoms with Gasteiger partial charge in [0, 0.05) is 10.5 Å².